The summed E-state index contributed by atoms with van der Waals surface area (Å²) in [6.07, 6.45) is 8.95. The Morgan fingerprint density at radius 1 is 0.941 bits per heavy atom. The molecule has 0 fully saturated rings. The molecule has 0 saturated heterocycles. The topological polar surface area (TPSA) is 0 Å². The zero-order chi connectivity index (χ0) is 12.8. The van der Waals surface area contributed by atoms with E-state index in [1.807, 2.05) is 5.20 Å². The van der Waals surface area contributed by atoms with E-state index in [-0.39, 0.29) is 0 Å². The van der Waals surface area contributed by atoms with Gasteiger partial charge in [-0.15, -0.1) is 0 Å². The van der Waals surface area contributed by atoms with Crippen LogP contribution in [-0.2, 0) is 0 Å². The summed E-state index contributed by atoms with van der Waals surface area (Å²) in [5.74, 6) is 1.58. The van der Waals surface area contributed by atoms with Crippen molar-refractivity contribution in [1.82, 2.24) is 0 Å². The van der Waals surface area contributed by atoms with Crippen molar-refractivity contribution in [2.45, 2.75) is 64.6 Å². The average Bonchev–Trinajstić information content (AvgIpc) is 2.77. The van der Waals surface area contributed by atoms with Gasteiger partial charge < -0.3 is 0 Å². The smallest absolute Gasteiger partial charge is 0.0816 e. The molecule has 96 valence electrons. The van der Waals surface area contributed by atoms with Crippen molar-refractivity contribution < 1.29 is 0 Å². The average molecular weight is 248 g/mol. The quantitative estimate of drug-likeness (QED) is 0.465. The minimum atomic E-state index is -1.34. The Labute approximate surface area is 108 Å². The lowest BCUT2D eigenvalue weighted by atomic mass is 10.2. The highest BCUT2D eigenvalue weighted by Crippen LogP contribution is 2.54. The molecule has 0 spiro atoms. The molecule has 0 aliphatic heterocycles. The Bertz CT molecular complexity index is 325. The third kappa shape index (κ3) is 1.78. The largest absolute Gasteiger partial charge is 0.0894 e. The summed E-state index contributed by atoms with van der Waals surface area (Å²) in [6.45, 7) is 14.8. The van der Waals surface area contributed by atoms with Gasteiger partial charge in [0.05, 0.1) is 8.07 Å². The van der Waals surface area contributed by atoms with Crippen molar-refractivity contribution in [2.24, 2.45) is 11.8 Å². The maximum atomic E-state index is 2.65. The number of rotatable bonds is 4. The van der Waals surface area contributed by atoms with Gasteiger partial charge in [0, 0.05) is 0 Å². The maximum Gasteiger partial charge on any atom is 0.0894 e. The second-order valence-electron chi connectivity index (χ2n) is 6.91. The lowest BCUT2D eigenvalue weighted by Gasteiger charge is -2.46. The molecular formula is C16H28Si. The molecule has 2 bridgehead atoms. The van der Waals surface area contributed by atoms with Crippen LogP contribution in [0.4, 0.5) is 0 Å². The van der Waals surface area contributed by atoms with Gasteiger partial charge in [-0.2, -0.15) is 0 Å². The molecule has 2 aliphatic carbocycles. The monoisotopic (exact) mass is 248 g/mol. The van der Waals surface area contributed by atoms with Gasteiger partial charge in [0.25, 0.3) is 0 Å². The van der Waals surface area contributed by atoms with Gasteiger partial charge in [-0.05, 0) is 34.9 Å². The maximum absolute atomic E-state index is 2.65. The third-order valence-corrected chi connectivity index (χ3v) is 12.5. The summed E-state index contributed by atoms with van der Waals surface area (Å²) < 4.78 is 0. The Morgan fingerprint density at radius 3 is 1.76 bits per heavy atom. The lowest BCUT2D eigenvalue weighted by Crippen LogP contribution is -2.48. The van der Waals surface area contributed by atoms with Gasteiger partial charge in [0.2, 0.25) is 0 Å². The molecule has 0 aromatic carbocycles. The SMILES string of the molecule is CC(C)[Si](C1=CC2C=CC1C2)(C(C)C)C(C)C. The standard InChI is InChI=1S/C16H28Si/c1-11(2)17(12(3)4,13(5)6)16-10-14-7-8-15(16)9-14/h7-8,10-15H,9H2,1-6H3. The molecule has 1 heteroatoms. The van der Waals surface area contributed by atoms with E-state index in [9.17, 15) is 0 Å². The minimum absolute atomic E-state index is 0.776. The summed E-state index contributed by atoms with van der Waals surface area (Å²) in [4.78, 5) is 0. The van der Waals surface area contributed by atoms with E-state index in [4.69, 9.17) is 0 Å². The number of hydrogen-bond donors (Lipinski definition) is 0. The van der Waals surface area contributed by atoms with Crippen molar-refractivity contribution in [2.75, 3.05) is 0 Å². The van der Waals surface area contributed by atoms with E-state index in [2.05, 4.69) is 59.8 Å². The van der Waals surface area contributed by atoms with Crippen molar-refractivity contribution in [3.63, 3.8) is 0 Å². The molecule has 2 rings (SSSR count). The summed E-state index contributed by atoms with van der Waals surface area (Å²) in [7, 11) is -1.34. The molecule has 2 aliphatic rings. The fourth-order valence-electron chi connectivity index (χ4n) is 4.90. The summed E-state index contributed by atoms with van der Waals surface area (Å²) in [6, 6.07) is 0. The molecule has 0 radical (unpaired) electrons. The van der Waals surface area contributed by atoms with Gasteiger partial charge in [0.1, 0.15) is 0 Å². The van der Waals surface area contributed by atoms with Gasteiger partial charge in [-0.25, -0.2) is 0 Å². The van der Waals surface area contributed by atoms with Crippen molar-refractivity contribution >= 4 is 8.07 Å². The van der Waals surface area contributed by atoms with E-state index in [1.165, 1.54) is 6.42 Å². The highest BCUT2D eigenvalue weighted by atomic mass is 28.3. The third-order valence-electron chi connectivity index (χ3n) is 5.28. The molecule has 0 aromatic rings. The molecule has 0 N–H and O–H groups in total. The van der Waals surface area contributed by atoms with E-state index >= 15 is 0 Å². The summed E-state index contributed by atoms with van der Waals surface area (Å²) in [5, 5.41) is 1.89. The first-order chi connectivity index (χ1) is 7.90. The van der Waals surface area contributed by atoms with Gasteiger partial charge in [-0.3, -0.25) is 0 Å². The fraction of sp³-hybridized carbons (Fsp3) is 0.750. The zero-order valence-electron chi connectivity index (χ0n) is 12.3. The minimum Gasteiger partial charge on any atom is -0.0816 e. The first-order valence-electron chi connectivity index (χ1n) is 7.31. The predicted octanol–water partition coefficient (Wildman–Crippen LogP) is 5.34. The van der Waals surface area contributed by atoms with Crippen LogP contribution in [0.15, 0.2) is 23.4 Å². The molecule has 2 unspecified atom stereocenters. The Morgan fingerprint density at radius 2 is 1.47 bits per heavy atom. The van der Waals surface area contributed by atoms with E-state index in [0.29, 0.717) is 0 Å². The van der Waals surface area contributed by atoms with Gasteiger partial charge in [-0.1, -0.05) is 65.0 Å². The Balaban J connectivity index is 2.44. The second kappa shape index (κ2) is 4.42. The molecule has 0 amide bonds. The molecule has 0 aromatic heterocycles. The zero-order valence-corrected chi connectivity index (χ0v) is 13.3. The highest BCUT2D eigenvalue weighted by Gasteiger charge is 2.50. The van der Waals surface area contributed by atoms with Crippen LogP contribution in [0.1, 0.15) is 48.0 Å². The van der Waals surface area contributed by atoms with Crippen LogP contribution in [0.3, 0.4) is 0 Å². The van der Waals surface area contributed by atoms with Gasteiger partial charge in [0.15, 0.2) is 0 Å². The lowest BCUT2D eigenvalue weighted by molar-refractivity contribution is 0.711. The molecular weight excluding hydrogens is 220 g/mol. The first kappa shape index (κ1) is 13.1. The van der Waals surface area contributed by atoms with Crippen LogP contribution < -0.4 is 0 Å². The number of fused-ring (bicyclic) bond motifs is 2. The molecule has 17 heavy (non-hydrogen) atoms. The van der Waals surface area contributed by atoms with Crippen LogP contribution in [0.25, 0.3) is 0 Å². The first-order valence-corrected chi connectivity index (χ1v) is 9.54. The van der Waals surface area contributed by atoms with Crippen LogP contribution >= 0.6 is 0 Å². The number of allylic oxidation sites excluding steroid dienone is 4. The number of hydrogen-bond acceptors (Lipinski definition) is 0. The Hall–Kier alpha value is -0.303. The van der Waals surface area contributed by atoms with Crippen molar-refractivity contribution in [3.8, 4) is 0 Å². The summed E-state index contributed by atoms with van der Waals surface area (Å²) >= 11 is 0. The van der Waals surface area contributed by atoms with E-state index < -0.39 is 8.07 Å². The second-order valence-corrected chi connectivity index (χ2v) is 12.8. The van der Waals surface area contributed by atoms with E-state index in [1.54, 1.807) is 0 Å². The van der Waals surface area contributed by atoms with Crippen LogP contribution in [0.5, 0.6) is 0 Å². The predicted molar refractivity (Wildman–Crippen MR) is 79.9 cm³/mol. The van der Waals surface area contributed by atoms with Crippen LogP contribution in [0, 0.1) is 11.8 Å². The molecule has 0 nitrogen and oxygen atoms in total. The van der Waals surface area contributed by atoms with Crippen LogP contribution in [0.2, 0.25) is 16.6 Å². The summed E-state index contributed by atoms with van der Waals surface area (Å²) in [5.41, 5.74) is 2.59. The van der Waals surface area contributed by atoms with E-state index in [0.717, 1.165) is 28.5 Å². The van der Waals surface area contributed by atoms with Crippen LogP contribution in [-0.4, -0.2) is 8.07 Å². The highest BCUT2D eigenvalue weighted by molar-refractivity contribution is 6.90. The molecule has 0 heterocycles. The fourth-order valence-corrected chi connectivity index (χ4v) is 12.3. The van der Waals surface area contributed by atoms with Crippen molar-refractivity contribution in [3.05, 3.63) is 23.4 Å². The molecule has 2 atom stereocenters. The van der Waals surface area contributed by atoms with Crippen molar-refractivity contribution in [1.29, 1.82) is 0 Å². The normalized spacial score (nSPS) is 27.7. The Kier molecular flexibility index (Phi) is 3.42. The van der Waals surface area contributed by atoms with Gasteiger partial charge >= 0.3 is 0 Å². The molecule has 0 saturated carbocycles.